The predicted octanol–water partition coefficient (Wildman–Crippen LogP) is 3.95. The van der Waals surface area contributed by atoms with Crippen LogP contribution in [0.5, 0.6) is 5.75 Å². The van der Waals surface area contributed by atoms with E-state index in [0.717, 1.165) is 28.9 Å². The van der Waals surface area contributed by atoms with Crippen molar-refractivity contribution >= 4 is 10.0 Å². The van der Waals surface area contributed by atoms with E-state index in [1.165, 1.54) is 0 Å². The summed E-state index contributed by atoms with van der Waals surface area (Å²) in [5, 5.41) is -0.465. The van der Waals surface area contributed by atoms with E-state index in [2.05, 4.69) is 29.0 Å². The Morgan fingerprint density at radius 2 is 1.86 bits per heavy atom. The summed E-state index contributed by atoms with van der Waals surface area (Å²) in [6.45, 7) is 7.00. The van der Waals surface area contributed by atoms with Crippen molar-refractivity contribution in [3.63, 3.8) is 0 Å². The lowest BCUT2D eigenvalue weighted by Gasteiger charge is -2.33. The highest BCUT2D eigenvalue weighted by atomic mass is 32.2. The summed E-state index contributed by atoms with van der Waals surface area (Å²) >= 11 is 0. The summed E-state index contributed by atoms with van der Waals surface area (Å²) in [6.07, 6.45) is 0.792. The molecule has 1 heterocycles. The highest BCUT2D eigenvalue weighted by Gasteiger charge is 2.31. The van der Waals surface area contributed by atoms with Crippen LogP contribution in [0.2, 0.25) is 0 Å². The Morgan fingerprint density at radius 3 is 2.54 bits per heavy atom. The minimum absolute atomic E-state index is 0.0958. The first kappa shape index (κ1) is 20.8. The van der Waals surface area contributed by atoms with Crippen LogP contribution < -0.4 is 9.46 Å². The van der Waals surface area contributed by atoms with Crippen molar-refractivity contribution in [2.75, 3.05) is 19.8 Å². The maximum atomic E-state index is 12.3. The molecule has 2 aromatic rings. The molecule has 0 aliphatic carbocycles. The van der Waals surface area contributed by atoms with Gasteiger partial charge in [0.05, 0.1) is 24.5 Å². The van der Waals surface area contributed by atoms with Crippen molar-refractivity contribution in [3.05, 3.63) is 54.1 Å². The molecule has 28 heavy (non-hydrogen) atoms. The Morgan fingerprint density at radius 1 is 1.14 bits per heavy atom. The van der Waals surface area contributed by atoms with Gasteiger partial charge in [-0.15, -0.1) is 0 Å². The Balaban J connectivity index is 1.83. The second-order valence-corrected chi connectivity index (χ2v) is 9.61. The van der Waals surface area contributed by atoms with Crippen LogP contribution >= 0.6 is 0 Å². The number of ether oxygens (including phenoxy) is 2. The number of nitrogens with one attached hydrogen (secondary N) is 1. The Bertz CT molecular complexity index is 878. The molecule has 3 rings (SSSR count). The Labute approximate surface area is 168 Å². The van der Waals surface area contributed by atoms with Crippen molar-refractivity contribution in [1.29, 1.82) is 0 Å². The quantitative estimate of drug-likeness (QED) is 0.760. The molecule has 0 unspecified atom stereocenters. The molecule has 0 bridgehead atoms. The fraction of sp³-hybridized carbons (Fsp3) is 0.455. The summed E-state index contributed by atoms with van der Waals surface area (Å²) in [7, 11) is -3.35. The molecule has 0 aromatic heterocycles. The molecule has 1 saturated heterocycles. The molecule has 0 amide bonds. The van der Waals surface area contributed by atoms with E-state index in [-0.39, 0.29) is 12.0 Å². The number of para-hydroxylation sites is 1. The van der Waals surface area contributed by atoms with Crippen molar-refractivity contribution in [2.45, 2.75) is 44.4 Å². The molecular weight excluding hydrogens is 374 g/mol. The SMILES string of the molecule is CCOc1ccccc1-c1ccc([C@H]2CCOC[C@@H]2NS(=O)(=O)C(C)C)cc1. The lowest BCUT2D eigenvalue weighted by molar-refractivity contribution is 0.0644. The molecule has 2 aromatic carbocycles. The second kappa shape index (κ2) is 9.07. The van der Waals surface area contributed by atoms with Crippen LogP contribution in [0.1, 0.15) is 38.7 Å². The minimum Gasteiger partial charge on any atom is -0.493 e. The van der Waals surface area contributed by atoms with E-state index >= 15 is 0 Å². The highest BCUT2D eigenvalue weighted by Crippen LogP contribution is 2.33. The van der Waals surface area contributed by atoms with E-state index in [1.807, 2.05) is 31.2 Å². The van der Waals surface area contributed by atoms with Crippen LogP contribution in [0.15, 0.2) is 48.5 Å². The van der Waals surface area contributed by atoms with Crippen LogP contribution in [0.3, 0.4) is 0 Å². The lowest BCUT2D eigenvalue weighted by atomic mass is 9.87. The van der Waals surface area contributed by atoms with Gasteiger partial charge in [0, 0.05) is 18.1 Å². The fourth-order valence-electron chi connectivity index (χ4n) is 3.50. The molecule has 1 aliphatic rings. The van der Waals surface area contributed by atoms with Gasteiger partial charge in [-0.2, -0.15) is 0 Å². The Hall–Kier alpha value is -1.89. The van der Waals surface area contributed by atoms with Crippen LogP contribution in [-0.2, 0) is 14.8 Å². The zero-order chi connectivity index (χ0) is 20.1. The first-order valence-electron chi connectivity index (χ1n) is 9.83. The average Bonchev–Trinajstić information content (AvgIpc) is 2.69. The van der Waals surface area contributed by atoms with Gasteiger partial charge in [0.2, 0.25) is 10.0 Å². The number of rotatable bonds is 7. The van der Waals surface area contributed by atoms with Crippen LogP contribution in [0.4, 0.5) is 0 Å². The van der Waals surface area contributed by atoms with Gasteiger partial charge < -0.3 is 9.47 Å². The second-order valence-electron chi connectivity index (χ2n) is 7.34. The van der Waals surface area contributed by atoms with E-state index in [1.54, 1.807) is 13.8 Å². The number of hydrogen-bond acceptors (Lipinski definition) is 4. The van der Waals surface area contributed by atoms with E-state index in [9.17, 15) is 8.42 Å². The molecule has 5 nitrogen and oxygen atoms in total. The first-order valence-corrected chi connectivity index (χ1v) is 11.4. The van der Waals surface area contributed by atoms with Crippen molar-refractivity contribution in [1.82, 2.24) is 4.72 Å². The highest BCUT2D eigenvalue weighted by molar-refractivity contribution is 7.90. The smallest absolute Gasteiger partial charge is 0.214 e. The minimum atomic E-state index is -3.35. The fourth-order valence-corrected chi connectivity index (χ4v) is 4.42. The molecule has 0 spiro atoms. The van der Waals surface area contributed by atoms with Gasteiger partial charge in [-0.3, -0.25) is 0 Å². The van der Waals surface area contributed by atoms with E-state index in [0.29, 0.717) is 19.8 Å². The van der Waals surface area contributed by atoms with Gasteiger partial charge in [0.1, 0.15) is 5.75 Å². The maximum Gasteiger partial charge on any atom is 0.214 e. The van der Waals surface area contributed by atoms with Gasteiger partial charge >= 0.3 is 0 Å². The molecule has 152 valence electrons. The van der Waals surface area contributed by atoms with Crippen molar-refractivity contribution in [2.24, 2.45) is 0 Å². The standard InChI is InChI=1S/C22H29NO4S/c1-4-27-22-8-6-5-7-20(22)18-11-9-17(10-12-18)19-13-14-26-15-21(19)23-28(24,25)16(2)3/h5-12,16,19,21,23H,4,13-15H2,1-3H3/t19-,21+/m1/s1. The predicted molar refractivity (Wildman–Crippen MR) is 112 cm³/mol. The zero-order valence-electron chi connectivity index (χ0n) is 16.7. The van der Waals surface area contributed by atoms with E-state index < -0.39 is 15.3 Å². The number of sulfonamides is 1. The molecule has 0 saturated carbocycles. The van der Waals surface area contributed by atoms with Crippen LogP contribution in [0.25, 0.3) is 11.1 Å². The molecule has 1 fully saturated rings. The molecule has 1 aliphatic heterocycles. The van der Waals surface area contributed by atoms with Crippen LogP contribution in [0, 0.1) is 0 Å². The summed E-state index contributed by atoms with van der Waals surface area (Å²) in [6, 6.07) is 16.1. The van der Waals surface area contributed by atoms with Crippen LogP contribution in [-0.4, -0.2) is 39.5 Å². The van der Waals surface area contributed by atoms with Crippen molar-refractivity contribution < 1.29 is 17.9 Å². The molecular formula is C22H29NO4S. The van der Waals surface area contributed by atoms with Gasteiger partial charge in [0.15, 0.2) is 0 Å². The third-order valence-electron chi connectivity index (χ3n) is 5.13. The van der Waals surface area contributed by atoms with Gasteiger partial charge in [-0.25, -0.2) is 13.1 Å². The Kier molecular flexibility index (Phi) is 6.75. The van der Waals surface area contributed by atoms with Crippen molar-refractivity contribution in [3.8, 4) is 16.9 Å². The summed E-state index contributed by atoms with van der Waals surface area (Å²) < 4.78 is 38.8. The van der Waals surface area contributed by atoms with Gasteiger partial charge in [-0.1, -0.05) is 42.5 Å². The zero-order valence-corrected chi connectivity index (χ0v) is 17.5. The topological polar surface area (TPSA) is 64.6 Å². The summed E-state index contributed by atoms with van der Waals surface area (Å²) in [5.41, 5.74) is 3.26. The third kappa shape index (κ3) is 4.74. The monoisotopic (exact) mass is 403 g/mol. The van der Waals surface area contributed by atoms with E-state index in [4.69, 9.17) is 9.47 Å². The maximum absolute atomic E-state index is 12.3. The molecule has 2 atom stereocenters. The van der Waals surface area contributed by atoms with Gasteiger partial charge in [-0.05, 0) is 44.4 Å². The number of hydrogen-bond donors (Lipinski definition) is 1. The van der Waals surface area contributed by atoms with Gasteiger partial charge in [0.25, 0.3) is 0 Å². The lowest BCUT2D eigenvalue weighted by Crippen LogP contribution is -2.47. The summed E-state index contributed by atoms with van der Waals surface area (Å²) in [4.78, 5) is 0. The largest absolute Gasteiger partial charge is 0.493 e. The number of benzene rings is 2. The molecule has 1 N–H and O–H groups in total. The first-order chi connectivity index (χ1) is 13.4. The average molecular weight is 404 g/mol. The normalized spacial score (nSPS) is 20.3. The summed E-state index contributed by atoms with van der Waals surface area (Å²) in [5.74, 6) is 0.963. The molecule has 0 radical (unpaired) electrons. The molecule has 6 heteroatoms. The third-order valence-corrected chi connectivity index (χ3v) is 7.00.